The van der Waals surface area contributed by atoms with Crippen LogP contribution in [0.2, 0.25) is 0 Å². The van der Waals surface area contributed by atoms with Crippen molar-refractivity contribution in [3.05, 3.63) is 0 Å². The number of methoxy groups -OCH3 is 1. The van der Waals surface area contributed by atoms with Crippen LogP contribution in [0.25, 0.3) is 0 Å². The first-order valence-corrected chi connectivity index (χ1v) is 6.41. The molecule has 2 heteroatoms. The van der Waals surface area contributed by atoms with E-state index in [0.29, 0.717) is 5.92 Å². The van der Waals surface area contributed by atoms with Crippen LogP contribution in [0.5, 0.6) is 0 Å². The molecule has 1 aliphatic rings. The summed E-state index contributed by atoms with van der Waals surface area (Å²) in [4.78, 5) is 0. The Kier molecular flexibility index (Phi) is 5.07. The molecule has 90 valence electrons. The van der Waals surface area contributed by atoms with Gasteiger partial charge in [-0.3, -0.25) is 0 Å². The summed E-state index contributed by atoms with van der Waals surface area (Å²) in [6, 6.07) is 0. The van der Waals surface area contributed by atoms with Gasteiger partial charge in [-0.15, -0.1) is 0 Å². The zero-order chi connectivity index (χ0) is 11.3. The van der Waals surface area contributed by atoms with E-state index in [9.17, 15) is 5.11 Å². The Hall–Kier alpha value is -0.0800. The van der Waals surface area contributed by atoms with Gasteiger partial charge in [-0.05, 0) is 25.2 Å². The third-order valence-electron chi connectivity index (χ3n) is 4.18. The highest BCUT2D eigenvalue weighted by molar-refractivity contribution is 4.93. The highest BCUT2D eigenvalue weighted by Gasteiger charge is 2.41. The number of hydrogen-bond acceptors (Lipinski definition) is 2. The average molecular weight is 214 g/mol. The van der Waals surface area contributed by atoms with Crippen LogP contribution in [-0.4, -0.2) is 23.9 Å². The van der Waals surface area contributed by atoms with Gasteiger partial charge in [-0.25, -0.2) is 0 Å². The van der Waals surface area contributed by atoms with Gasteiger partial charge in [0.15, 0.2) is 0 Å². The maximum Gasteiger partial charge on any atom is 0.0936 e. The minimum Gasteiger partial charge on any atom is -0.390 e. The van der Waals surface area contributed by atoms with E-state index in [0.717, 1.165) is 32.1 Å². The minimum absolute atomic E-state index is 0.220. The smallest absolute Gasteiger partial charge is 0.0936 e. The predicted molar refractivity (Wildman–Crippen MR) is 62.9 cm³/mol. The standard InChI is InChI=1S/C13H26O2/c1-4-11(5-2)10-12(14)13(15-3)8-6-7-9-13/h11-12,14H,4-10H2,1-3H3. The molecule has 0 saturated heterocycles. The van der Waals surface area contributed by atoms with E-state index in [1.807, 2.05) is 0 Å². The van der Waals surface area contributed by atoms with E-state index in [-0.39, 0.29) is 11.7 Å². The van der Waals surface area contributed by atoms with E-state index in [4.69, 9.17) is 4.74 Å². The summed E-state index contributed by atoms with van der Waals surface area (Å²) in [5.41, 5.74) is -0.220. The molecule has 1 unspecified atom stereocenters. The second-order valence-corrected chi connectivity index (χ2v) is 4.91. The SMILES string of the molecule is CCC(CC)CC(O)C1(OC)CCCC1. The Bertz CT molecular complexity index is 169. The molecule has 0 bridgehead atoms. The van der Waals surface area contributed by atoms with Crippen molar-refractivity contribution in [2.24, 2.45) is 5.92 Å². The van der Waals surface area contributed by atoms with Crippen LogP contribution in [0, 0.1) is 5.92 Å². The molecule has 0 radical (unpaired) electrons. The fourth-order valence-corrected chi connectivity index (χ4v) is 2.80. The van der Waals surface area contributed by atoms with E-state index < -0.39 is 0 Å². The maximum atomic E-state index is 10.3. The Morgan fingerprint density at radius 3 is 2.13 bits per heavy atom. The summed E-state index contributed by atoms with van der Waals surface area (Å²) in [5, 5.41) is 10.3. The zero-order valence-corrected chi connectivity index (χ0v) is 10.5. The molecule has 0 spiro atoms. The average Bonchev–Trinajstić information content (AvgIpc) is 2.75. The molecule has 15 heavy (non-hydrogen) atoms. The quantitative estimate of drug-likeness (QED) is 0.736. The third kappa shape index (κ3) is 2.94. The first kappa shape index (κ1) is 13.0. The van der Waals surface area contributed by atoms with Gasteiger partial charge in [0, 0.05) is 7.11 Å². The van der Waals surface area contributed by atoms with E-state index in [1.165, 1.54) is 12.8 Å². The summed E-state index contributed by atoms with van der Waals surface area (Å²) in [5.74, 6) is 0.646. The third-order valence-corrected chi connectivity index (χ3v) is 4.18. The van der Waals surface area contributed by atoms with Gasteiger partial charge in [0.25, 0.3) is 0 Å². The van der Waals surface area contributed by atoms with Gasteiger partial charge in [0.2, 0.25) is 0 Å². The lowest BCUT2D eigenvalue weighted by Crippen LogP contribution is -2.42. The Morgan fingerprint density at radius 2 is 1.73 bits per heavy atom. The maximum absolute atomic E-state index is 10.3. The van der Waals surface area contributed by atoms with Gasteiger partial charge >= 0.3 is 0 Å². The Labute approximate surface area is 94.0 Å². The fraction of sp³-hybridized carbons (Fsp3) is 1.00. The lowest BCUT2D eigenvalue weighted by atomic mass is 9.85. The van der Waals surface area contributed by atoms with Crippen molar-refractivity contribution in [2.45, 2.75) is 70.5 Å². The normalized spacial score (nSPS) is 22.2. The molecule has 1 N–H and O–H groups in total. The van der Waals surface area contributed by atoms with Crippen LogP contribution < -0.4 is 0 Å². The van der Waals surface area contributed by atoms with Crippen molar-refractivity contribution >= 4 is 0 Å². The van der Waals surface area contributed by atoms with Crippen molar-refractivity contribution in [1.29, 1.82) is 0 Å². The molecule has 0 aliphatic heterocycles. The molecule has 1 rings (SSSR count). The molecular weight excluding hydrogens is 188 g/mol. The van der Waals surface area contributed by atoms with Crippen molar-refractivity contribution in [3.8, 4) is 0 Å². The van der Waals surface area contributed by atoms with Gasteiger partial charge in [0.05, 0.1) is 11.7 Å². The zero-order valence-electron chi connectivity index (χ0n) is 10.5. The van der Waals surface area contributed by atoms with Crippen molar-refractivity contribution in [2.75, 3.05) is 7.11 Å². The van der Waals surface area contributed by atoms with Gasteiger partial charge < -0.3 is 9.84 Å². The van der Waals surface area contributed by atoms with Crippen molar-refractivity contribution < 1.29 is 9.84 Å². The van der Waals surface area contributed by atoms with E-state index >= 15 is 0 Å². The largest absolute Gasteiger partial charge is 0.390 e. The number of hydrogen-bond donors (Lipinski definition) is 1. The van der Waals surface area contributed by atoms with Crippen LogP contribution in [0.1, 0.15) is 58.8 Å². The van der Waals surface area contributed by atoms with Crippen molar-refractivity contribution in [3.63, 3.8) is 0 Å². The van der Waals surface area contributed by atoms with E-state index in [1.54, 1.807) is 7.11 Å². The molecule has 1 atom stereocenters. The summed E-state index contributed by atoms with van der Waals surface area (Å²) in [7, 11) is 1.75. The van der Waals surface area contributed by atoms with Crippen LogP contribution in [0.15, 0.2) is 0 Å². The second-order valence-electron chi connectivity index (χ2n) is 4.91. The number of rotatable bonds is 6. The predicted octanol–water partition coefficient (Wildman–Crippen LogP) is 3.13. The molecule has 2 nitrogen and oxygen atoms in total. The summed E-state index contributed by atoms with van der Waals surface area (Å²) >= 11 is 0. The van der Waals surface area contributed by atoms with Gasteiger partial charge in [-0.2, -0.15) is 0 Å². The molecule has 0 aromatic heterocycles. The summed E-state index contributed by atoms with van der Waals surface area (Å²) < 4.78 is 5.60. The first-order valence-electron chi connectivity index (χ1n) is 6.41. The van der Waals surface area contributed by atoms with Gasteiger partial charge in [0.1, 0.15) is 0 Å². The Balaban J connectivity index is 2.53. The molecular formula is C13H26O2. The van der Waals surface area contributed by atoms with Crippen molar-refractivity contribution in [1.82, 2.24) is 0 Å². The van der Waals surface area contributed by atoms with Crippen LogP contribution in [0.4, 0.5) is 0 Å². The molecule has 0 aromatic rings. The topological polar surface area (TPSA) is 29.5 Å². The molecule has 0 aromatic carbocycles. The highest BCUT2D eigenvalue weighted by Crippen LogP contribution is 2.38. The number of ether oxygens (including phenoxy) is 1. The first-order chi connectivity index (χ1) is 7.18. The van der Waals surface area contributed by atoms with Crippen LogP contribution >= 0.6 is 0 Å². The van der Waals surface area contributed by atoms with Gasteiger partial charge in [-0.1, -0.05) is 39.5 Å². The molecule has 1 aliphatic carbocycles. The molecule has 1 fully saturated rings. The lowest BCUT2D eigenvalue weighted by molar-refractivity contribution is -0.105. The number of aliphatic hydroxyl groups is 1. The Morgan fingerprint density at radius 1 is 1.20 bits per heavy atom. The monoisotopic (exact) mass is 214 g/mol. The molecule has 1 saturated carbocycles. The molecule has 0 heterocycles. The second kappa shape index (κ2) is 5.86. The highest BCUT2D eigenvalue weighted by atomic mass is 16.5. The van der Waals surface area contributed by atoms with Crippen LogP contribution in [-0.2, 0) is 4.74 Å². The van der Waals surface area contributed by atoms with E-state index in [2.05, 4.69) is 13.8 Å². The summed E-state index contributed by atoms with van der Waals surface area (Å²) in [6.45, 7) is 4.41. The fourth-order valence-electron chi connectivity index (χ4n) is 2.80. The minimum atomic E-state index is -0.269. The van der Waals surface area contributed by atoms with Crippen LogP contribution in [0.3, 0.4) is 0 Å². The summed E-state index contributed by atoms with van der Waals surface area (Å²) in [6.07, 6.45) is 7.42. The lowest BCUT2D eigenvalue weighted by Gasteiger charge is -2.34. The number of aliphatic hydroxyl groups excluding tert-OH is 1. The molecule has 0 amide bonds.